The molecule has 1 saturated heterocycles. The lowest BCUT2D eigenvalue weighted by molar-refractivity contribution is -0.141. The molecule has 1 fully saturated rings. The van der Waals surface area contributed by atoms with E-state index in [1.54, 1.807) is 0 Å². The number of ether oxygens (including phenoxy) is 2. The molecule has 0 radical (unpaired) electrons. The second-order valence-electron chi connectivity index (χ2n) is 2.75. The van der Waals surface area contributed by atoms with Crippen molar-refractivity contribution in [2.24, 2.45) is 0 Å². The average Bonchev–Trinajstić information content (AvgIpc) is 2.52. The van der Waals surface area contributed by atoms with Crippen molar-refractivity contribution in [2.75, 3.05) is 13.7 Å². The first-order valence-electron chi connectivity index (χ1n) is 4.01. The van der Waals surface area contributed by atoms with Gasteiger partial charge in [0.15, 0.2) is 0 Å². The standard InChI is InChI=1S/C8H14O3/c1-10-8(9)5-4-7-3-2-6-11-7/h7H,2-6H2,1H3/t7-/m0/s1. The first kappa shape index (κ1) is 8.53. The quantitative estimate of drug-likeness (QED) is 0.577. The molecule has 0 aromatic rings. The van der Waals surface area contributed by atoms with Gasteiger partial charge in [0.1, 0.15) is 0 Å². The highest BCUT2D eigenvalue weighted by Crippen LogP contribution is 2.16. The molecule has 1 atom stereocenters. The Morgan fingerprint density at radius 2 is 2.55 bits per heavy atom. The molecular formula is C8H14O3. The first-order chi connectivity index (χ1) is 5.33. The van der Waals surface area contributed by atoms with Crippen LogP contribution in [0, 0.1) is 0 Å². The Balaban J connectivity index is 2.06. The second kappa shape index (κ2) is 4.34. The average molecular weight is 158 g/mol. The molecule has 64 valence electrons. The molecule has 0 saturated carbocycles. The fraction of sp³-hybridized carbons (Fsp3) is 0.875. The van der Waals surface area contributed by atoms with E-state index in [1.807, 2.05) is 0 Å². The third-order valence-corrected chi connectivity index (χ3v) is 1.92. The number of hydrogen-bond donors (Lipinski definition) is 0. The molecule has 0 unspecified atom stereocenters. The summed E-state index contributed by atoms with van der Waals surface area (Å²) < 4.78 is 9.86. The van der Waals surface area contributed by atoms with Crippen LogP contribution in [0.5, 0.6) is 0 Å². The van der Waals surface area contributed by atoms with Gasteiger partial charge in [-0.3, -0.25) is 4.79 Å². The highest BCUT2D eigenvalue weighted by Gasteiger charge is 2.16. The number of esters is 1. The highest BCUT2D eigenvalue weighted by molar-refractivity contribution is 5.69. The Hall–Kier alpha value is -0.570. The van der Waals surface area contributed by atoms with Gasteiger partial charge in [0, 0.05) is 13.0 Å². The summed E-state index contributed by atoms with van der Waals surface area (Å²) in [6.07, 6.45) is 3.82. The van der Waals surface area contributed by atoms with Crippen LogP contribution in [0.4, 0.5) is 0 Å². The molecule has 1 aliphatic rings. The first-order valence-corrected chi connectivity index (χ1v) is 4.01. The van der Waals surface area contributed by atoms with E-state index >= 15 is 0 Å². The number of rotatable bonds is 3. The third kappa shape index (κ3) is 2.89. The molecule has 11 heavy (non-hydrogen) atoms. The van der Waals surface area contributed by atoms with E-state index in [4.69, 9.17) is 4.74 Å². The lowest BCUT2D eigenvalue weighted by Gasteiger charge is -2.06. The number of carbonyl (C=O) groups is 1. The Labute approximate surface area is 66.7 Å². The van der Waals surface area contributed by atoms with Crippen LogP contribution in [0.3, 0.4) is 0 Å². The van der Waals surface area contributed by atoms with Crippen LogP contribution < -0.4 is 0 Å². The molecule has 0 N–H and O–H groups in total. The lowest BCUT2D eigenvalue weighted by Crippen LogP contribution is -2.09. The maximum Gasteiger partial charge on any atom is 0.305 e. The number of methoxy groups -OCH3 is 1. The molecule has 3 heteroatoms. The number of hydrogen-bond acceptors (Lipinski definition) is 3. The summed E-state index contributed by atoms with van der Waals surface area (Å²) in [5.74, 6) is -0.138. The van der Waals surface area contributed by atoms with Gasteiger partial charge in [0.2, 0.25) is 0 Å². The molecule has 1 rings (SSSR count). The van der Waals surface area contributed by atoms with Gasteiger partial charge in [-0.2, -0.15) is 0 Å². The fourth-order valence-electron chi connectivity index (χ4n) is 1.25. The molecule has 0 bridgehead atoms. The SMILES string of the molecule is COC(=O)CC[C@@H]1CCCO1. The normalized spacial score (nSPS) is 23.5. The number of carbonyl (C=O) groups excluding carboxylic acids is 1. The molecular weight excluding hydrogens is 144 g/mol. The van der Waals surface area contributed by atoms with Crippen LogP contribution >= 0.6 is 0 Å². The van der Waals surface area contributed by atoms with E-state index in [2.05, 4.69) is 4.74 Å². The summed E-state index contributed by atoms with van der Waals surface area (Å²) in [6, 6.07) is 0. The zero-order chi connectivity index (χ0) is 8.10. The Morgan fingerprint density at radius 1 is 1.73 bits per heavy atom. The Morgan fingerprint density at radius 3 is 3.09 bits per heavy atom. The van der Waals surface area contributed by atoms with Gasteiger partial charge in [-0.1, -0.05) is 0 Å². The molecule has 0 aromatic heterocycles. The molecule has 1 heterocycles. The van der Waals surface area contributed by atoms with E-state index in [9.17, 15) is 4.79 Å². The van der Waals surface area contributed by atoms with Gasteiger partial charge in [0.25, 0.3) is 0 Å². The van der Waals surface area contributed by atoms with Gasteiger partial charge in [-0.15, -0.1) is 0 Å². The second-order valence-corrected chi connectivity index (χ2v) is 2.75. The summed E-state index contributed by atoms with van der Waals surface area (Å²) in [7, 11) is 1.41. The largest absolute Gasteiger partial charge is 0.469 e. The highest BCUT2D eigenvalue weighted by atomic mass is 16.5. The molecule has 1 aliphatic heterocycles. The van der Waals surface area contributed by atoms with Crippen molar-refractivity contribution < 1.29 is 14.3 Å². The van der Waals surface area contributed by atoms with Crippen LogP contribution in [-0.4, -0.2) is 25.8 Å². The monoisotopic (exact) mass is 158 g/mol. The lowest BCUT2D eigenvalue weighted by atomic mass is 10.1. The fourth-order valence-corrected chi connectivity index (χ4v) is 1.25. The van der Waals surface area contributed by atoms with Crippen LogP contribution in [0.25, 0.3) is 0 Å². The van der Waals surface area contributed by atoms with Crippen molar-refractivity contribution in [3.8, 4) is 0 Å². The smallest absolute Gasteiger partial charge is 0.305 e. The summed E-state index contributed by atoms with van der Waals surface area (Å²) in [6.45, 7) is 0.853. The summed E-state index contributed by atoms with van der Waals surface area (Å²) in [4.78, 5) is 10.7. The van der Waals surface area contributed by atoms with E-state index in [0.717, 1.165) is 25.9 Å². The minimum atomic E-state index is -0.138. The minimum absolute atomic E-state index is 0.138. The zero-order valence-corrected chi connectivity index (χ0v) is 6.84. The van der Waals surface area contributed by atoms with Crippen LogP contribution in [-0.2, 0) is 14.3 Å². The van der Waals surface area contributed by atoms with Crippen LogP contribution in [0.15, 0.2) is 0 Å². The third-order valence-electron chi connectivity index (χ3n) is 1.92. The predicted molar refractivity (Wildman–Crippen MR) is 40.2 cm³/mol. The van der Waals surface area contributed by atoms with Crippen LogP contribution in [0.2, 0.25) is 0 Å². The van der Waals surface area contributed by atoms with Crippen molar-refractivity contribution in [3.63, 3.8) is 0 Å². The molecule has 0 amide bonds. The Bertz CT molecular complexity index is 127. The van der Waals surface area contributed by atoms with Crippen LogP contribution in [0.1, 0.15) is 25.7 Å². The zero-order valence-electron chi connectivity index (χ0n) is 6.84. The van der Waals surface area contributed by atoms with Gasteiger partial charge >= 0.3 is 5.97 Å². The molecule has 0 aliphatic carbocycles. The minimum Gasteiger partial charge on any atom is -0.469 e. The Kier molecular flexibility index (Phi) is 3.36. The molecule has 3 nitrogen and oxygen atoms in total. The van der Waals surface area contributed by atoms with Crippen molar-refractivity contribution in [1.82, 2.24) is 0 Å². The topological polar surface area (TPSA) is 35.5 Å². The van der Waals surface area contributed by atoms with Crippen molar-refractivity contribution in [2.45, 2.75) is 31.8 Å². The van der Waals surface area contributed by atoms with Gasteiger partial charge in [0.05, 0.1) is 13.2 Å². The van der Waals surface area contributed by atoms with Gasteiger partial charge < -0.3 is 9.47 Å². The molecule has 0 spiro atoms. The van der Waals surface area contributed by atoms with Crippen molar-refractivity contribution in [3.05, 3.63) is 0 Å². The summed E-state index contributed by atoms with van der Waals surface area (Å²) in [5.41, 5.74) is 0. The van der Waals surface area contributed by atoms with Gasteiger partial charge in [-0.25, -0.2) is 0 Å². The van der Waals surface area contributed by atoms with E-state index in [-0.39, 0.29) is 5.97 Å². The summed E-state index contributed by atoms with van der Waals surface area (Å²) in [5, 5.41) is 0. The van der Waals surface area contributed by atoms with E-state index < -0.39 is 0 Å². The molecule has 0 aromatic carbocycles. The maximum absolute atomic E-state index is 10.7. The summed E-state index contributed by atoms with van der Waals surface area (Å²) >= 11 is 0. The van der Waals surface area contributed by atoms with E-state index in [1.165, 1.54) is 7.11 Å². The van der Waals surface area contributed by atoms with E-state index in [0.29, 0.717) is 12.5 Å². The van der Waals surface area contributed by atoms with Crippen molar-refractivity contribution in [1.29, 1.82) is 0 Å². The maximum atomic E-state index is 10.7. The van der Waals surface area contributed by atoms with Gasteiger partial charge in [-0.05, 0) is 19.3 Å². The van der Waals surface area contributed by atoms with Crippen molar-refractivity contribution >= 4 is 5.97 Å². The predicted octanol–water partition coefficient (Wildman–Crippen LogP) is 1.12.